The van der Waals surface area contributed by atoms with Crippen LogP contribution in [0.25, 0.3) is 0 Å². The highest BCUT2D eigenvalue weighted by atomic mass is 16.5. The molecule has 2 aromatic carbocycles. The maximum absolute atomic E-state index is 13.6. The minimum Gasteiger partial charge on any atom is -0.465 e. The molecule has 8 nitrogen and oxygen atoms in total. The number of esters is 1. The number of fused-ring (bicyclic) bond motifs is 1. The molecular weight excluding hydrogens is 482 g/mol. The van der Waals surface area contributed by atoms with Crippen LogP contribution in [0, 0.1) is 5.41 Å². The summed E-state index contributed by atoms with van der Waals surface area (Å²) in [7, 11) is 1.34. The van der Waals surface area contributed by atoms with Crippen LogP contribution < -0.4 is 11.1 Å². The van der Waals surface area contributed by atoms with Crippen molar-refractivity contribution in [3.8, 4) is 0 Å². The Balaban J connectivity index is 1.47. The Morgan fingerprint density at radius 3 is 2.50 bits per heavy atom. The van der Waals surface area contributed by atoms with Crippen LogP contribution >= 0.6 is 0 Å². The quantitative estimate of drug-likeness (QED) is 0.540. The van der Waals surface area contributed by atoms with Crippen LogP contribution in [0.2, 0.25) is 0 Å². The molecule has 8 heteroatoms. The zero-order valence-corrected chi connectivity index (χ0v) is 22.7. The molecule has 4 rings (SSSR count). The highest BCUT2D eigenvalue weighted by Gasteiger charge is 2.44. The number of nitrogens with zero attached hydrogens (tertiary/aromatic N) is 1. The molecule has 1 aliphatic carbocycles. The van der Waals surface area contributed by atoms with Gasteiger partial charge in [0.25, 0.3) is 0 Å². The number of amides is 2. The summed E-state index contributed by atoms with van der Waals surface area (Å²) in [6.45, 7) is 6.36. The maximum atomic E-state index is 13.6. The highest BCUT2D eigenvalue weighted by Crippen LogP contribution is 2.31. The number of methoxy groups -OCH3 is 1. The topological polar surface area (TPSA) is 111 Å². The molecule has 2 amide bonds. The smallest absolute Gasteiger partial charge is 0.337 e. The summed E-state index contributed by atoms with van der Waals surface area (Å²) in [4.78, 5) is 40.4. The van der Waals surface area contributed by atoms with E-state index in [1.807, 2.05) is 45.0 Å². The van der Waals surface area contributed by atoms with Gasteiger partial charge in [0, 0.05) is 13.0 Å². The van der Waals surface area contributed by atoms with Gasteiger partial charge in [0.2, 0.25) is 11.8 Å². The number of carbonyl (C=O) groups is 3. The van der Waals surface area contributed by atoms with E-state index in [-0.39, 0.29) is 24.0 Å². The fraction of sp³-hybridized carbons (Fsp3) is 0.500. The van der Waals surface area contributed by atoms with Crippen molar-refractivity contribution in [1.82, 2.24) is 10.2 Å². The van der Waals surface area contributed by atoms with Gasteiger partial charge in [-0.05, 0) is 53.5 Å². The molecule has 3 unspecified atom stereocenters. The Morgan fingerprint density at radius 1 is 1.11 bits per heavy atom. The van der Waals surface area contributed by atoms with Crippen LogP contribution in [-0.2, 0) is 32.1 Å². The SMILES string of the molecule is COC(=O)c1ccc(COC2C[C@@H](C(=O)NC3CCCc4ccccc43)N(C(=O)C(N)C(C)(C)C)C2)cc1. The monoisotopic (exact) mass is 521 g/mol. The Kier molecular flexibility index (Phi) is 8.53. The van der Waals surface area contributed by atoms with E-state index in [0.717, 1.165) is 30.4 Å². The van der Waals surface area contributed by atoms with Crippen LogP contribution in [0.5, 0.6) is 0 Å². The second kappa shape index (κ2) is 11.7. The van der Waals surface area contributed by atoms with E-state index in [4.69, 9.17) is 15.2 Å². The molecule has 204 valence electrons. The van der Waals surface area contributed by atoms with Crippen LogP contribution in [0.3, 0.4) is 0 Å². The molecule has 2 aromatic rings. The molecule has 38 heavy (non-hydrogen) atoms. The third-order valence-electron chi connectivity index (χ3n) is 7.59. The number of nitrogens with one attached hydrogen (secondary N) is 1. The number of likely N-dealkylation sites (tertiary alicyclic amines) is 1. The number of rotatable bonds is 7. The molecule has 0 aromatic heterocycles. The summed E-state index contributed by atoms with van der Waals surface area (Å²) in [5, 5.41) is 3.22. The number of nitrogens with two attached hydrogens (primary N) is 1. The molecule has 2 aliphatic rings. The summed E-state index contributed by atoms with van der Waals surface area (Å²) in [6.07, 6.45) is 2.95. The molecule has 0 radical (unpaired) electrons. The van der Waals surface area contributed by atoms with E-state index in [2.05, 4.69) is 17.4 Å². The molecule has 0 saturated carbocycles. The number of ether oxygens (including phenoxy) is 2. The predicted molar refractivity (Wildman–Crippen MR) is 144 cm³/mol. The lowest BCUT2D eigenvalue weighted by Gasteiger charge is -2.33. The molecule has 1 aliphatic heterocycles. The van der Waals surface area contributed by atoms with Gasteiger partial charge in [0.05, 0.1) is 37.5 Å². The lowest BCUT2D eigenvalue weighted by atomic mass is 9.86. The van der Waals surface area contributed by atoms with Crippen molar-refractivity contribution in [2.24, 2.45) is 11.1 Å². The van der Waals surface area contributed by atoms with Crippen molar-refractivity contribution >= 4 is 17.8 Å². The van der Waals surface area contributed by atoms with E-state index in [1.165, 1.54) is 12.7 Å². The van der Waals surface area contributed by atoms with Crippen molar-refractivity contribution in [3.63, 3.8) is 0 Å². The van der Waals surface area contributed by atoms with Crippen LogP contribution in [0.15, 0.2) is 48.5 Å². The van der Waals surface area contributed by atoms with Gasteiger partial charge in [-0.15, -0.1) is 0 Å². The van der Waals surface area contributed by atoms with Crippen molar-refractivity contribution in [2.45, 2.75) is 77.3 Å². The average molecular weight is 522 g/mol. The Labute approximate surface area is 224 Å². The van der Waals surface area contributed by atoms with Gasteiger partial charge in [0.15, 0.2) is 0 Å². The number of hydrogen-bond donors (Lipinski definition) is 2. The second-order valence-electron chi connectivity index (χ2n) is 11.4. The predicted octanol–water partition coefficient (Wildman–Crippen LogP) is 3.53. The molecule has 0 bridgehead atoms. The van der Waals surface area contributed by atoms with Gasteiger partial charge in [0.1, 0.15) is 6.04 Å². The third-order valence-corrected chi connectivity index (χ3v) is 7.59. The summed E-state index contributed by atoms with van der Waals surface area (Å²) >= 11 is 0. The summed E-state index contributed by atoms with van der Waals surface area (Å²) in [5.74, 6) is -0.808. The van der Waals surface area contributed by atoms with E-state index in [0.29, 0.717) is 25.1 Å². The van der Waals surface area contributed by atoms with Crippen LogP contribution in [0.4, 0.5) is 0 Å². The van der Waals surface area contributed by atoms with E-state index in [9.17, 15) is 14.4 Å². The highest BCUT2D eigenvalue weighted by molar-refractivity contribution is 5.91. The zero-order valence-electron chi connectivity index (χ0n) is 22.7. The van der Waals surface area contributed by atoms with Crippen LogP contribution in [-0.4, -0.2) is 54.5 Å². The summed E-state index contributed by atoms with van der Waals surface area (Å²) in [5.41, 5.74) is 9.66. The molecule has 0 spiro atoms. The number of hydrogen-bond acceptors (Lipinski definition) is 6. The number of benzene rings is 2. The van der Waals surface area contributed by atoms with E-state index >= 15 is 0 Å². The third kappa shape index (κ3) is 6.25. The normalized spacial score (nSPS) is 21.9. The maximum Gasteiger partial charge on any atom is 0.337 e. The fourth-order valence-corrected chi connectivity index (χ4v) is 5.20. The zero-order chi connectivity index (χ0) is 27.4. The molecule has 1 heterocycles. The molecule has 3 N–H and O–H groups in total. The summed E-state index contributed by atoms with van der Waals surface area (Å²) in [6, 6.07) is 13.7. The standard InChI is InChI=1S/C30H39N3O5/c1-30(2,3)26(31)28(35)33-17-22(38-18-19-12-14-21(15-13-19)29(36)37-4)16-25(33)27(34)32-24-11-7-9-20-8-5-6-10-23(20)24/h5-6,8,10,12-15,22,24-26H,7,9,11,16-18,31H2,1-4H3,(H,32,34)/t22?,24?,25-,26?/m0/s1. The van der Waals surface area contributed by atoms with Gasteiger partial charge in [-0.2, -0.15) is 0 Å². The first kappa shape index (κ1) is 27.8. The molecular formula is C30H39N3O5. The van der Waals surface area contributed by atoms with E-state index in [1.54, 1.807) is 17.0 Å². The van der Waals surface area contributed by atoms with Crippen molar-refractivity contribution < 1.29 is 23.9 Å². The van der Waals surface area contributed by atoms with Crippen molar-refractivity contribution in [2.75, 3.05) is 13.7 Å². The lowest BCUT2D eigenvalue weighted by molar-refractivity contribution is -0.141. The molecule has 4 atom stereocenters. The van der Waals surface area contributed by atoms with Crippen molar-refractivity contribution in [1.29, 1.82) is 0 Å². The molecule has 1 saturated heterocycles. The first-order valence-electron chi connectivity index (χ1n) is 13.3. The Hall–Kier alpha value is -3.23. The first-order chi connectivity index (χ1) is 18.1. The minimum atomic E-state index is -0.738. The molecule has 1 fully saturated rings. The van der Waals surface area contributed by atoms with Gasteiger partial charge >= 0.3 is 5.97 Å². The minimum absolute atomic E-state index is 0.0750. The Bertz CT molecular complexity index is 1160. The number of carbonyl (C=O) groups excluding carboxylic acids is 3. The van der Waals surface area contributed by atoms with Gasteiger partial charge in [-0.3, -0.25) is 9.59 Å². The lowest BCUT2D eigenvalue weighted by Crippen LogP contribution is -2.55. The number of aryl methyl sites for hydroxylation is 1. The van der Waals surface area contributed by atoms with E-state index < -0.39 is 23.5 Å². The van der Waals surface area contributed by atoms with Crippen LogP contribution in [0.1, 0.15) is 73.1 Å². The fourth-order valence-electron chi connectivity index (χ4n) is 5.20. The summed E-state index contributed by atoms with van der Waals surface area (Å²) < 4.78 is 10.9. The van der Waals surface area contributed by atoms with Gasteiger partial charge in [-0.25, -0.2) is 4.79 Å². The Morgan fingerprint density at radius 2 is 1.82 bits per heavy atom. The first-order valence-corrected chi connectivity index (χ1v) is 13.3. The van der Waals surface area contributed by atoms with Crippen molar-refractivity contribution in [3.05, 3.63) is 70.8 Å². The average Bonchev–Trinajstić information content (AvgIpc) is 3.35. The largest absolute Gasteiger partial charge is 0.465 e. The second-order valence-corrected chi connectivity index (χ2v) is 11.4. The van der Waals surface area contributed by atoms with Gasteiger partial charge in [-0.1, -0.05) is 57.2 Å². The van der Waals surface area contributed by atoms with Gasteiger partial charge < -0.3 is 25.4 Å².